The lowest BCUT2D eigenvalue weighted by Gasteiger charge is -2.38. The van der Waals surface area contributed by atoms with E-state index >= 15 is 0 Å². The van der Waals surface area contributed by atoms with Crippen LogP contribution in [0.4, 0.5) is 0 Å². The Kier molecular flexibility index (Phi) is 8.03. The lowest BCUT2D eigenvalue weighted by atomic mass is 9.83. The van der Waals surface area contributed by atoms with E-state index < -0.39 is 68.2 Å². The second-order valence-corrected chi connectivity index (χ2v) is 9.70. The van der Waals surface area contributed by atoms with Gasteiger partial charge in [0.25, 0.3) is 11.6 Å². The molecule has 0 saturated carbocycles. The third-order valence-electron chi connectivity index (χ3n) is 5.28. The number of carbonyl (C=O) groups is 4. The van der Waals surface area contributed by atoms with Crippen LogP contribution in [-0.2, 0) is 38.1 Å². The second-order valence-electron chi connectivity index (χ2n) is 9.70. The van der Waals surface area contributed by atoms with E-state index in [4.69, 9.17) is 18.9 Å². The molecule has 2 aliphatic heterocycles. The SMILES string of the molecule is C[C@@H](CC1(C)C(=O)OC(C)(C)OC1=O)[N+](=O)[O-].C[C@@H](CC1(C)C(=O)OC(C)(C)OC1=O)[N+](=O)[O-]. The van der Waals surface area contributed by atoms with Crippen LogP contribution in [0.3, 0.4) is 0 Å². The molecule has 0 spiro atoms. The average Bonchev–Trinajstić information content (AvgIpc) is 2.64. The summed E-state index contributed by atoms with van der Waals surface area (Å²) in [4.78, 5) is 67.0. The molecule has 2 fully saturated rings. The number of hydrogen-bond donors (Lipinski definition) is 0. The van der Waals surface area contributed by atoms with Crippen LogP contribution in [-0.4, -0.2) is 57.4 Å². The molecule has 2 saturated heterocycles. The van der Waals surface area contributed by atoms with Crippen molar-refractivity contribution in [3.63, 3.8) is 0 Å². The molecule has 2 rings (SSSR count). The highest BCUT2D eigenvalue weighted by Crippen LogP contribution is 2.37. The van der Waals surface area contributed by atoms with Crippen molar-refractivity contribution < 1.29 is 48.0 Å². The predicted octanol–water partition coefficient (Wildman–Crippen LogP) is 1.77. The summed E-state index contributed by atoms with van der Waals surface area (Å²) in [7, 11) is 0. The van der Waals surface area contributed by atoms with E-state index in [1.807, 2.05) is 0 Å². The van der Waals surface area contributed by atoms with Gasteiger partial charge in [0.2, 0.25) is 12.1 Å². The van der Waals surface area contributed by atoms with E-state index in [9.17, 15) is 39.4 Å². The first-order valence-corrected chi connectivity index (χ1v) is 10.4. The normalized spacial score (nSPS) is 23.5. The minimum Gasteiger partial charge on any atom is -0.422 e. The topological polar surface area (TPSA) is 191 Å². The van der Waals surface area contributed by atoms with Crippen LogP contribution in [0.25, 0.3) is 0 Å². The summed E-state index contributed by atoms with van der Waals surface area (Å²) in [5, 5.41) is 21.1. The van der Waals surface area contributed by atoms with Gasteiger partial charge in [-0.3, -0.25) is 39.4 Å². The zero-order valence-electron chi connectivity index (χ0n) is 20.4. The number of esters is 4. The highest BCUT2D eigenvalue weighted by molar-refractivity contribution is 6.01. The van der Waals surface area contributed by atoms with Gasteiger partial charge in [-0.15, -0.1) is 0 Å². The number of nitrogens with zero attached hydrogens (tertiary/aromatic N) is 2. The first-order chi connectivity index (χ1) is 15.2. The Morgan fingerprint density at radius 1 is 0.618 bits per heavy atom. The summed E-state index contributed by atoms with van der Waals surface area (Å²) < 4.78 is 19.7. The van der Waals surface area contributed by atoms with Gasteiger partial charge in [0.1, 0.15) is 0 Å². The van der Waals surface area contributed by atoms with Gasteiger partial charge < -0.3 is 18.9 Å². The highest BCUT2D eigenvalue weighted by Gasteiger charge is 2.56. The van der Waals surface area contributed by atoms with E-state index in [0.717, 1.165) is 0 Å². The van der Waals surface area contributed by atoms with Crippen molar-refractivity contribution in [1.29, 1.82) is 0 Å². The third kappa shape index (κ3) is 6.38. The molecular formula is C20H30N2O12. The first kappa shape index (κ1) is 28.7. The van der Waals surface area contributed by atoms with E-state index in [2.05, 4.69) is 0 Å². The summed E-state index contributed by atoms with van der Waals surface area (Å²) in [6.07, 6.45) is -0.485. The Hall–Kier alpha value is -3.32. The minimum atomic E-state index is -1.61. The Morgan fingerprint density at radius 3 is 1.00 bits per heavy atom. The van der Waals surface area contributed by atoms with Crippen molar-refractivity contribution in [3.8, 4) is 0 Å². The van der Waals surface area contributed by atoms with Gasteiger partial charge in [-0.05, 0) is 13.8 Å². The number of ether oxygens (including phenoxy) is 4. The molecule has 2 aliphatic rings. The number of nitro groups is 2. The molecule has 0 unspecified atom stereocenters. The largest absolute Gasteiger partial charge is 0.422 e. The molecule has 0 radical (unpaired) electrons. The maximum atomic E-state index is 11.8. The van der Waals surface area contributed by atoms with Crippen molar-refractivity contribution in [2.75, 3.05) is 0 Å². The summed E-state index contributed by atoms with van der Waals surface area (Å²) in [6, 6.07) is -2.05. The number of rotatable bonds is 6. The van der Waals surface area contributed by atoms with Crippen LogP contribution in [0.2, 0.25) is 0 Å². The smallest absolute Gasteiger partial charge is 0.326 e. The first-order valence-electron chi connectivity index (χ1n) is 10.4. The van der Waals surface area contributed by atoms with Gasteiger partial charge in [0.15, 0.2) is 10.8 Å². The maximum Gasteiger partial charge on any atom is 0.326 e. The molecule has 0 bridgehead atoms. The van der Waals surface area contributed by atoms with E-state index in [1.165, 1.54) is 55.4 Å². The standard InChI is InChI=1S/2C10H15NO6/c2*1-6(11(14)15)5-10(4)7(12)16-9(2,3)17-8(10)13/h2*6H,5H2,1-4H3/t2*6-/m00/s1. The maximum absolute atomic E-state index is 11.8. The number of hydrogen-bond acceptors (Lipinski definition) is 12. The van der Waals surface area contributed by atoms with Gasteiger partial charge in [0, 0.05) is 64.2 Å². The van der Waals surface area contributed by atoms with Gasteiger partial charge in [-0.2, -0.15) is 0 Å². The van der Waals surface area contributed by atoms with Crippen molar-refractivity contribution in [3.05, 3.63) is 20.2 Å². The molecular weight excluding hydrogens is 460 g/mol. The van der Waals surface area contributed by atoms with E-state index in [1.54, 1.807) is 0 Å². The van der Waals surface area contributed by atoms with Gasteiger partial charge in [-0.1, -0.05) is 0 Å². The van der Waals surface area contributed by atoms with Crippen molar-refractivity contribution in [1.82, 2.24) is 0 Å². The fraction of sp³-hybridized carbons (Fsp3) is 0.800. The molecule has 192 valence electrons. The highest BCUT2D eigenvalue weighted by atomic mass is 16.8. The van der Waals surface area contributed by atoms with Crippen LogP contribution in [0.15, 0.2) is 0 Å². The molecule has 0 amide bonds. The molecule has 14 nitrogen and oxygen atoms in total. The summed E-state index contributed by atoms with van der Waals surface area (Å²) in [5.41, 5.74) is -3.22. The third-order valence-corrected chi connectivity index (χ3v) is 5.28. The predicted molar refractivity (Wildman–Crippen MR) is 111 cm³/mol. The summed E-state index contributed by atoms with van der Waals surface area (Å²) in [6.45, 7) is 11.0. The number of cyclic esters (lactones) is 4. The van der Waals surface area contributed by atoms with Crippen LogP contribution in [0, 0.1) is 31.1 Å². The molecule has 0 aromatic rings. The Bertz CT molecular complexity index is 782. The molecule has 0 N–H and O–H groups in total. The molecule has 0 aromatic carbocycles. The fourth-order valence-electron chi connectivity index (χ4n) is 3.22. The van der Waals surface area contributed by atoms with Crippen molar-refractivity contribution in [2.45, 2.75) is 91.9 Å². The van der Waals surface area contributed by atoms with E-state index in [0.29, 0.717) is 0 Å². The Labute approximate surface area is 195 Å². The zero-order chi connectivity index (χ0) is 26.9. The second kappa shape index (κ2) is 9.50. The fourth-order valence-corrected chi connectivity index (χ4v) is 3.22. The summed E-state index contributed by atoms with van der Waals surface area (Å²) in [5.74, 6) is -5.77. The number of carbonyl (C=O) groups excluding carboxylic acids is 4. The van der Waals surface area contributed by atoms with E-state index in [-0.39, 0.29) is 12.8 Å². The van der Waals surface area contributed by atoms with Gasteiger partial charge in [-0.25, -0.2) is 0 Å². The van der Waals surface area contributed by atoms with Gasteiger partial charge >= 0.3 is 23.9 Å². The molecule has 0 aliphatic carbocycles. The Balaban J connectivity index is 0.000000340. The summed E-state index contributed by atoms with van der Waals surface area (Å²) >= 11 is 0. The molecule has 0 aromatic heterocycles. The van der Waals surface area contributed by atoms with Gasteiger partial charge in [0.05, 0.1) is 0 Å². The van der Waals surface area contributed by atoms with Crippen molar-refractivity contribution >= 4 is 23.9 Å². The van der Waals surface area contributed by atoms with Crippen LogP contribution in [0.1, 0.15) is 68.2 Å². The molecule has 2 heterocycles. The Morgan fingerprint density at radius 2 is 0.824 bits per heavy atom. The van der Waals surface area contributed by atoms with Crippen LogP contribution in [0.5, 0.6) is 0 Å². The van der Waals surface area contributed by atoms with Crippen molar-refractivity contribution in [2.24, 2.45) is 10.8 Å². The monoisotopic (exact) mass is 490 g/mol. The quantitative estimate of drug-likeness (QED) is 0.227. The minimum absolute atomic E-state index is 0.242. The molecule has 34 heavy (non-hydrogen) atoms. The van der Waals surface area contributed by atoms with Crippen LogP contribution < -0.4 is 0 Å². The molecule has 14 heteroatoms. The molecule has 2 atom stereocenters. The lowest BCUT2D eigenvalue weighted by molar-refractivity contribution is -0.521. The average molecular weight is 490 g/mol. The van der Waals surface area contributed by atoms with Crippen LogP contribution >= 0.6 is 0 Å². The lowest BCUT2D eigenvalue weighted by Crippen LogP contribution is -2.53. The zero-order valence-corrected chi connectivity index (χ0v) is 20.4.